The van der Waals surface area contributed by atoms with E-state index >= 15 is 0 Å². The molecule has 0 spiro atoms. The molecule has 0 radical (unpaired) electrons. The summed E-state index contributed by atoms with van der Waals surface area (Å²) in [5, 5.41) is 13.6. The lowest BCUT2D eigenvalue weighted by Crippen LogP contribution is -1.90. The molecule has 0 aliphatic carbocycles. The Labute approximate surface area is 109 Å². The number of rotatable bonds is 0. The molecule has 0 unspecified atom stereocenters. The Kier molecular flexibility index (Phi) is 6.26. The van der Waals surface area contributed by atoms with Gasteiger partial charge in [-0.2, -0.15) is 4.80 Å². The van der Waals surface area contributed by atoms with Crippen LogP contribution < -0.4 is 0 Å². The van der Waals surface area contributed by atoms with E-state index in [0.717, 1.165) is 10.8 Å². The minimum atomic E-state index is 0.856. The molecule has 0 aromatic carbocycles. The third-order valence-electron chi connectivity index (χ3n) is 1.56. The number of hydrogen-bond donors (Lipinski definition) is 0. The van der Waals surface area contributed by atoms with Crippen LogP contribution in [0.15, 0.2) is 34.9 Å². The standard InChI is InChI=1S/C4H5NO.C4H5NS.C2H4N4/c1-4-2-5-3-6-4;1-4-5-2-3-6-4;1-6-4-2-3-5-6/h2*2-3H,1H3;2H,1H3. The third-order valence-corrected chi connectivity index (χ3v) is 2.27. The van der Waals surface area contributed by atoms with Gasteiger partial charge in [0, 0.05) is 11.6 Å². The number of aryl methyl sites for hydroxylation is 3. The molecule has 0 amide bonds. The van der Waals surface area contributed by atoms with Crippen molar-refractivity contribution in [1.82, 2.24) is 30.2 Å². The highest BCUT2D eigenvalue weighted by Crippen LogP contribution is 1.98. The van der Waals surface area contributed by atoms with Gasteiger partial charge in [-0.1, -0.05) is 0 Å². The Hall–Kier alpha value is -2.09. The maximum absolute atomic E-state index is 4.72. The normalized spacial score (nSPS) is 8.83. The third kappa shape index (κ3) is 6.48. The summed E-state index contributed by atoms with van der Waals surface area (Å²) in [6.45, 7) is 3.84. The van der Waals surface area contributed by atoms with Gasteiger partial charge < -0.3 is 4.42 Å². The molecule has 0 saturated heterocycles. The molecule has 3 aromatic heterocycles. The van der Waals surface area contributed by atoms with Crippen molar-refractivity contribution >= 4 is 11.3 Å². The Balaban J connectivity index is 0.000000135. The van der Waals surface area contributed by atoms with E-state index in [4.69, 9.17) is 4.42 Å². The summed E-state index contributed by atoms with van der Waals surface area (Å²) in [5.74, 6) is 0.856. The zero-order valence-electron chi connectivity index (χ0n) is 10.4. The van der Waals surface area contributed by atoms with Gasteiger partial charge in [0.15, 0.2) is 12.7 Å². The number of oxazole rings is 1. The highest BCUT2D eigenvalue weighted by atomic mass is 32.1. The van der Waals surface area contributed by atoms with Crippen LogP contribution >= 0.6 is 11.3 Å². The van der Waals surface area contributed by atoms with Crippen LogP contribution in [-0.2, 0) is 7.05 Å². The van der Waals surface area contributed by atoms with E-state index in [1.165, 1.54) is 17.5 Å². The lowest BCUT2D eigenvalue weighted by atomic mass is 10.6. The largest absolute Gasteiger partial charge is 0.449 e. The van der Waals surface area contributed by atoms with Gasteiger partial charge in [0.25, 0.3) is 0 Å². The first-order valence-electron chi connectivity index (χ1n) is 5.06. The molecule has 0 atom stereocenters. The highest BCUT2D eigenvalue weighted by molar-refractivity contribution is 7.09. The van der Waals surface area contributed by atoms with E-state index in [0.29, 0.717) is 0 Å². The molecule has 0 aliphatic rings. The van der Waals surface area contributed by atoms with Gasteiger partial charge in [-0.15, -0.1) is 21.5 Å². The van der Waals surface area contributed by atoms with Gasteiger partial charge >= 0.3 is 0 Å². The average molecular weight is 266 g/mol. The summed E-state index contributed by atoms with van der Waals surface area (Å²) < 4.78 is 4.72. The Morgan fingerprint density at radius 2 is 2.17 bits per heavy atom. The minimum Gasteiger partial charge on any atom is -0.449 e. The first kappa shape index (κ1) is 14.0. The van der Waals surface area contributed by atoms with Gasteiger partial charge in [0.2, 0.25) is 0 Å². The molecular formula is C10H14N6OS. The lowest BCUT2D eigenvalue weighted by Gasteiger charge is -1.71. The van der Waals surface area contributed by atoms with Crippen LogP contribution in [0.5, 0.6) is 0 Å². The molecule has 0 N–H and O–H groups in total. The monoisotopic (exact) mass is 266 g/mol. The summed E-state index contributed by atoms with van der Waals surface area (Å²) in [6, 6.07) is 0. The van der Waals surface area contributed by atoms with Crippen LogP contribution in [0, 0.1) is 13.8 Å². The molecule has 18 heavy (non-hydrogen) atoms. The van der Waals surface area contributed by atoms with E-state index in [1.54, 1.807) is 30.8 Å². The van der Waals surface area contributed by atoms with Crippen LogP contribution in [0.2, 0.25) is 0 Å². The fourth-order valence-electron chi connectivity index (χ4n) is 0.793. The van der Waals surface area contributed by atoms with Crippen molar-refractivity contribution in [2.24, 2.45) is 7.05 Å². The van der Waals surface area contributed by atoms with Crippen molar-refractivity contribution in [3.8, 4) is 0 Å². The fourth-order valence-corrected chi connectivity index (χ4v) is 1.23. The first-order chi connectivity index (χ1) is 8.68. The topological polar surface area (TPSA) is 82.5 Å². The predicted octanol–water partition coefficient (Wildman–Crippen LogP) is 1.64. The zero-order chi connectivity index (χ0) is 13.2. The molecule has 7 nitrogen and oxygen atoms in total. The van der Waals surface area contributed by atoms with Gasteiger partial charge in [-0.3, -0.25) is 4.98 Å². The highest BCUT2D eigenvalue weighted by Gasteiger charge is 1.77. The first-order valence-corrected chi connectivity index (χ1v) is 5.94. The molecule has 0 aliphatic heterocycles. The van der Waals surface area contributed by atoms with Crippen LogP contribution in [0.4, 0.5) is 0 Å². The van der Waals surface area contributed by atoms with Crippen LogP contribution in [-0.4, -0.2) is 30.2 Å². The average Bonchev–Trinajstić information content (AvgIpc) is 3.05. The second-order valence-corrected chi connectivity index (χ2v) is 4.19. The van der Waals surface area contributed by atoms with Gasteiger partial charge in [0.05, 0.1) is 18.3 Å². The Bertz CT molecular complexity index is 414. The molecule has 8 heteroatoms. The van der Waals surface area contributed by atoms with Gasteiger partial charge in [-0.05, 0) is 19.1 Å². The van der Waals surface area contributed by atoms with E-state index in [2.05, 4.69) is 25.4 Å². The number of thiazole rings is 1. The minimum absolute atomic E-state index is 0.856. The van der Waals surface area contributed by atoms with Crippen molar-refractivity contribution in [2.75, 3.05) is 0 Å². The summed E-state index contributed by atoms with van der Waals surface area (Å²) in [6.07, 6.45) is 6.27. The van der Waals surface area contributed by atoms with Crippen molar-refractivity contribution in [3.05, 3.63) is 41.3 Å². The molecule has 3 heterocycles. The quantitative estimate of drug-likeness (QED) is 0.615. The molecule has 3 aromatic rings. The van der Waals surface area contributed by atoms with Crippen LogP contribution in [0.25, 0.3) is 0 Å². The second-order valence-electron chi connectivity index (χ2n) is 3.09. The number of nitrogens with zero attached hydrogens (tertiary/aromatic N) is 6. The number of tetrazole rings is 1. The molecule has 96 valence electrons. The lowest BCUT2D eigenvalue weighted by molar-refractivity contribution is 0.527. The van der Waals surface area contributed by atoms with Crippen molar-refractivity contribution in [1.29, 1.82) is 0 Å². The molecule has 0 saturated carbocycles. The zero-order valence-corrected chi connectivity index (χ0v) is 11.2. The van der Waals surface area contributed by atoms with Gasteiger partial charge in [-0.25, -0.2) is 4.98 Å². The summed E-state index contributed by atoms with van der Waals surface area (Å²) >= 11 is 1.67. The maximum atomic E-state index is 4.72. The van der Waals surface area contributed by atoms with Crippen molar-refractivity contribution in [3.63, 3.8) is 0 Å². The molecular weight excluding hydrogens is 252 g/mol. The number of aromatic nitrogens is 6. The van der Waals surface area contributed by atoms with Crippen molar-refractivity contribution in [2.45, 2.75) is 13.8 Å². The molecule has 0 fully saturated rings. The summed E-state index contributed by atoms with van der Waals surface area (Å²) in [4.78, 5) is 8.98. The Morgan fingerprint density at radius 1 is 1.33 bits per heavy atom. The summed E-state index contributed by atoms with van der Waals surface area (Å²) in [5.41, 5.74) is 0. The summed E-state index contributed by atoms with van der Waals surface area (Å²) in [7, 11) is 1.72. The number of hydrogen-bond acceptors (Lipinski definition) is 7. The second kappa shape index (κ2) is 8.07. The molecule has 0 bridgehead atoms. The van der Waals surface area contributed by atoms with Crippen LogP contribution in [0.3, 0.4) is 0 Å². The molecule has 3 rings (SSSR count). The Morgan fingerprint density at radius 3 is 2.33 bits per heavy atom. The smallest absolute Gasteiger partial charge is 0.180 e. The van der Waals surface area contributed by atoms with Gasteiger partial charge in [0.1, 0.15) is 5.76 Å². The van der Waals surface area contributed by atoms with E-state index in [9.17, 15) is 0 Å². The maximum Gasteiger partial charge on any atom is 0.180 e. The fraction of sp³-hybridized carbons (Fsp3) is 0.300. The van der Waals surface area contributed by atoms with E-state index < -0.39 is 0 Å². The van der Waals surface area contributed by atoms with Crippen LogP contribution in [0.1, 0.15) is 10.8 Å². The SMILES string of the molecule is Cc1cnco1.Cc1nccs1.Cn1ncnn1. The predicted molar refractivity (Wildman–Crippen MR) is 66.9 cm³/mol. The van der Waals surface area contributed by atoms with E-state index in [-0.39, 0.29) is 0 Å². The van der Waals surface area contributed by atoms with Crippen molar-refractivity contribution < 1.29 is 4.42 Å². The van der Waals surface area contributed by atoms with E-state index in [1.807, 2.05) is 19.2 Å².